The Bertz CT molecular complexity index is 1590. The van der Waals surface area contributed by atoms with Gasteiger partial charge in [0.25, 0.3) is 5.91 Å². The van der Waals surface area contributed by atoms with Crippen molar-refractivity contribution in [2.75, 3.05) is 60.7 Å². The molecule has 2 atom stereocenters. The highest BCUT2D eigenvalue weighted by molar-refractivity contribution is 7.85. The normalized spacial score (nSPS) is 22.7. The molecule has 3 aromatic rings. The number of amides is 1. The summed E-state index contributed by atoms with van der Waals surface area (Å²) in [5.41, 5.74) is 2.97. The first-order chi connectivity index (χ1) is 21.7. The average Bonchev–Trinajstić information content (AvgIpc) is 3.34. The Balaban J connectivity index is 1.23. The minimum Gasteiger partial charge on any atom is -0.493 e. The third-order valence-corrected chi connectivity index (χ3v) is 12.4. The fraction of sp³-hybridized carbons (Fsp3) is 0.441. The molecule has 0 saturated carbocycles. The van der Waals surface area contributed by atoms with Crippen molar-refractivity contribution in [3.63, 3.8) is 0 Å². The van der Waals surface area contributed by atoms with E-state index in [9.17, 15) is 9.00 Å². The Morgan fingerprint density at radius 3 is 2.31 bits per heavy atom. The lowest BCUT2D eigenvalue weighted by Crippen LogP contribution is -2.53. The van der Waals surface area contributed by atoms with Gasteiger partial charge in [-0.3, -0.25) is 9.00 Å². The van der Waals surface area contributed by atoms with Crippen molar-refractivity contribution in [1.82, 2.24) is 9.80 Å². The number of carbonyl (C=O) groups is 1. The van der Waals surface area contributed by atoms with Crippen LogP contribution in [0.4, 0.5) is 0 Å². The molecule has 3 aliphatic heterocycles. The third-order valence-electron chi connectivity index (χ3n) is 9.56. The Morgan fingerprint density at radius 2 is 1.64 bits per heavy atom. The Labute approximate surface area is 276 Å². The highest BCUT2D eigenvalue weighted by Crippen LogP contribution is 2.47. The monoisotopic (exact) mass is 672 g/mol. The van der Waals surface area contributed by atoms with E-state index in [0.29, 0.717) is 64.7 Å². The van der Waals surface area contributed by atoms with Crippen molar-refractivity contribution in [2.45, 2.75) is 35.4 Å². The number of morpholine rings is 1. The predicted molar refractivity (Wildman–Crippen MR) is 176 cm³/mol. The maximum Gasteiger partial charge on any atom is 0.254 e. The van der Waals surface area contributed by atoms with Gasteiger partial charge in [-0.25, -0.2) is 0 Å². The van der Waals surface area contributed by atoms with Gasteiger partial charge in [0.1, 0.15) is 5.60 Å². The lowest BCUT2D eigenvalue weighted by Gasteiger charge is -2.45. The molecule has 8 nitrogen and oxygen atoms in total. The smallest absolute Gasteiger partial charge is 0.254 e. The molecule has 0 unspecified atom stereocenters. The number of rotatable bonds is 8. The predicted octanol–water partition coefficient (Wildman–Crippen LogP) is 6.03. The van der Waals surface area contributed by atoms with Gasteiger partial charge in [-0.05, 0) is 73.3 Å². The van der Waals surface area contributed by atoms with Gasteiger partial charge in [0, 0.05) is 35.2 Å². The lowest BCUT2D eigenvalue weighted by molar-refractivity contribution is -0.113. The molecule has 1 spiro atoms. The van der Waals surface area contributed by atoms with E-state index in [0.717, 1.165) is 38.0 Å². The summed E-state index contributed by atoms with van der Waals surface area (Å²) in [5.74, 6) is 1.73. The fourth-order valence-electron chi connectivity index (χ4n) is 7.06. The summed E-state index contributed by atoms with van der Waals surface area (Å²) in [5, 5.41) is 0.899. The van der Waals surface area contributed by atoms with Crippen LogP contribution in [0.3, 0.4) is 0 Å². The van der Waals surface area contributed by atoms with Gasteiger partial charge in [0.2, 0.25) is 5.75 Å². The van der Waals surface area contributed by atoms with Gasteiger partial charge in [0.05, 0.1) is 49.3 Å². The zero-order valence-corrected chi connectivity index (χ0v) is 28.1. The molecule has 6 rings (SSSR count). The summed E-state index contributed by atoms with van der Waals surface area (Å²) in [6.45, 7) is 3.54. The summed E-state index contributed by atoms with van der Waals surface area (Å²) in [6, 6.07) is 17.3. The second-order valence-electron chi connectivity index (χ2n) is 11.8. The number of methoxy groups -OCH3 is 3. The van der Waals surface area contributed by atoms with Gasteiger partial charge >= 0.3 is 0 Å². The van der Waals surface area contributed by atoms with Crippen LogP contribution in [0.1, 0.15) is 46.3 Å². The Kier molecular flexibility index (Phi) is 9.37. The Hall–Kier alpha value is -2.82. The first kappa shape index (κ1) is 32.1. The van der Waals surface area contributed by atoms with Crippen molar-refractivity contribution in [3.8, 4) is 17.2 Å². The fourth-order valence-corrected chi connectivity index (χ4v) is 9.25. The van der Waals surface area contributed by atoms with E-state index >= 15 is 0 Å². The third kappa shape index (κ3) is 5.94. The molecule has 3 aliphatic rings. The van der Waals surface area contributed by atoms with E-state index in [4.69, 9.17) is 42.1 Å². The van der Waals surface area contributed by atoms with E-state index < -0.39 is 16.4 Å². The van der Waals surface area contributed by atoms with E-state index in [1.165, 1.54) is 32.5 Å². The van der Waals surface area contributed by atoms with E-state index in [1.54, 1.807) is 18.2 Å². The number of fused-ring (bicyclic) bond motifs is 2. The molecule has 2 fully saturated rings. The van der Waals surface area contributed by atoms with E-state index in [-0.39, 0.29) is 10.7 Å². The van der Waals surface area contributed by atoms with Crippen LogP contribution in [0.25, 0.3) is 0 Å². The first-order valence-electron chi connectivity index (χ1n) is 15.1. The standard InChI is InChI=1S/C34H38Cl2N2O6S/c1-41-29-18-24(19-30(42-2)31(29)43-3)32(39)38-16-17-44-33(22-38,25-8-9-27(35)28(36)20-25)10-13-37-14-11-34(12-15-37)26-7-5-4-6-23(26)21-45(34)40/h4-9,18-20H,10-17,21-22H2,1-3H3/t33-,45+/m1/s1. The summed E-state index contributed by atoms with van der Waals surface area (Å²) >= 11 is 12.8. The second kappa shape index (κ2) is 13.1. The Morgan fingerprint density at radius 1 is 0.933 bits per heavy atom. The minimum atomic E-state index is -0.914. The molecule has 45 heavy (non-hydrogen) atoms. The maximum absolute atomic E-state index is 14.0. The maximum atomic E-state index is 14.0. The second-order valence-corrected chi connectivity index (χ2v) is 14.4. The molecular weight excluding hydrogens is 635 g/mol. The summed E-state index contributed by atoms with van der Waals surface area (Å²) in [7, 11) is 3.67. The highest BCUT2D eigenvalue weighted by Gasteiger charge is 2.47. The number of carbonyl (C=O) groups excluding carboxylic acids is 1. The number of ether oxygens (including phenoxy) is 4. The molecule has 240 valence electrons. The van der Waals surface area contributed by atoms with Crippen molar-refractivity contribution in [1.29, 1.82) is 0 Å². The van der Waals surface area contributed by atoms with Gasteiger partial charge in [0.15, 0.2) is 11.5 Å². The van der Waals surface area contributed by atoms with Crippen LogP contribution in [-0.2, 0) is 31.6 Å². The molecule has 1 amide bonds. The first-order valence-corrected chi connectivity index (χ1v) is 17.2. The van der Waals surface area contributed by atoms with Crippen LogP contribution >= 0.6 is 23.2 Å². The molecule has 11 heteroatoms. The van der Waals surface area contributed by atoms with Crippen molar-refractivity contribution in [3.05, 3.63) is 86.9 Å². The summed E-state index contributed by atoms with van der Waals surface area (Å²) < 4.78 is 36.1. The number of nitrogens with zero attached hydrogens (tertiary/aromatic N) is 2. The highest BCUT2D eigenvalue weighted by atomic mass is 35.5. The van der Waals surface area contributed by atoms with Crippen LogP contribution in [0.5, 0.6) is 17.2 Å². The number of hydrogen-bond acceptors (Lipinski definition) is 7. The number of benzene rings is 3. The van der Waals surface area contributed by atoms with Gasteiger partial charge in [-0.15, -0.1) is 0 Å². The SMILES string of the molecule is COc1cc(C(=O)N2CCO[C@@](CCN3CCC4(CC3)c3ccccc3C[S@@]4=O)(c3ccc(Cl)c(Cl)c3)C2)cc(OC)c1OC. The van der Waals surface area contributed by atoms with Crippen LogP contribution < -0.4 is 14.2 Å². The molecule has 0 bridgehead atoms. The quantitative estimate of drug-likeness (QED) is 0.289. The van der Waals surface area contributed by atoms with Crippen molar-refractivity contribution < 1.29 is 28.0 Å². The topological polar surface area (TPSA) is 77.5 Å². The number of likely N-dealkylation sites (tertiary alicyclic amines) is 1. The largest absolute Gasteiger partial charge is 0.493 e. The molecule has 3 aromatic carbocycles. The molecule has 3 heterocycles. The van der Waals surface area contributed by atoms with Gasteiger partial charge < -0.3 is 28.7 Å². The van der Waals surface area contributed by atoms with Crippen LogP contribution in [0.2, 0.25) is 10.0 Å². The van der Waals surface area contributed by atoms with Crippen LogP contribution in [-0.4, -0.2) is 80.6 Å². The molecule has 2 saturated heterocycles. The summed E-state index contributed by atoms with van der Waals surface area (Å²) in [4.78, 5) is 18.2. The zero-order chi connectivity index (χ0) is 31.8. The van der Waals surface area contributed by atoms with Crippen LogP contribution in [0.15, 0.2) is 54.6 Å². The molecule has 0 aromatic heterocycles. The zero-order valence-electron chi connectivity index (χ0n) is 25.8. The lowest BCUT2D eigenvalue weighted by atomic mass is 9.85. The van der Waals surface area contributed by atoms with Gasteiger partial charge in [-0.2, -0.15) is 0 Å². The van der Waals surface area contributed by atoms with Gasteiger partial charge in [-0.1, -0.05) is 53.5 Å². The molecular formula is C34H38Cl2N2O6S. The van der Waals surface area contributed by atoms with E-state index in [2.05, 4.69) is 23.1 Å². The molecule has 0 N–H and O–H groups in total. The van der Waals surface area contributed by atoms with Crippen molar-refractivity contribution in [2.24, 2.45) is 0 Å². The minimum absolute atomic E-state index is 0.163. The molecule has 0 aliphatic carbocycles. The number of piperidine rings is 1. The summed E-state index contributed by atoms with van der Waals surface area (Å²) in [6.07, 6.45) is 2.34. The number of hydrogen-bond donors (Lipinski definition) is 0. The van der Waals surface area contributed by atoms with Crippen molar-refractivity contribution >= 4 is 39.9 Å². The van der Waals surface area contributed by atoms with Crippen LogP contribution in [0, 0.1) is 0 Å². The van der Waals surface area contributed by atoms with E-state index in [1.807, 2.05) is 23.1 Å². The molecule has 0 radical (unpaired) electrons. The number of halogens is 2. The average molecular weight is 674 g/mol.